The highest BCUT2D eigenvalue weighted by Gasteiger charge is 2.12. The van der Waals surface area contributed by atoms with E-state index in [0.29, 0.717) is 11.1 Å². The van der Waals surface area contributed by atoms with Crippen LogP contribution < -0.4 is 10.1 Å². The van der Waals surface area contributed by atoms with Crippen LogP contribution in [0.15, 0.2) is 52.1 Å². The van der Waals surface area contributed by atoms with Crippen LogP contribution in [0, 0.1) is 20.8 Å². The molecule has 1 N–H and O–H groups in total. The van der Waals surface area contributed by atoms with Gasteiger partial charge in [-0.05, 0) is 44.0 Å². The normalized spacial score (nSPS) is 10.6. The van der Waals surface area contributed by atoms with Crippen molar-refractivity contribution in [3.63, 3.8) is 0 Å². The number of nitrogens with zero attached hydrogens (tertiary/aromatic N) is 2. The summed E-state index contributed by atoms with van der Waals surface area (Å²) in [4.78, 5) is 12.2. The third-order valence-corrected chi connectivity index (χ3v) is 4.72. The largest absolute Gasteiger partial charge is 0.484 e. The van der Waals surface area contributed by atoms with Crippen LogP contribution in [0.1, 0.15) is 22.6 Å². The topological polar surface area (TPSA) is 77.2 Å². The van der Waals surface area contributed by atoms with E-state index in [1.165, 1.54) is 11.8 Å². The van der Waals surface area contributed by atoms with E-state index in [9.17, 15) is 4.79 Å². The van der Waals surface area contributed by atoms with Gasteiger partial charge in [-0.25, -0.2) is 0 Å². The number of benzene rings is 2. The van der Waals surface area contributed by atoms with Crippen LogP contribution in [0.5, 0.6) is 5.75 Å². The number of hydrogen-bond donors (Lipinski definition) is 1. The number of thioether (sulfide) groups is 1. The Balaban J connectivity index is 1.49. The molecule has 0 saturated heterocycles. The molecule has 1 heterocycles. The zero-order chi connectivity index (χ0) is 19.2. The van der Waals surface area contributed by atoms with Gasteiger partial charge >= 0.3 is 0 Å². The Kier molecular flexibility index (Phi) is 6.13. The fourth-order valence-corrected chi connectivity index (χ4v) is 3.03. The second-order valence-corrected chi connectivity index (χ2v) is 7.09. The summed E-state index contributed by atoms with van der Waals surface area (Å²) in [6.45, 7) is 6.13. The lowest BCUT2D eigenvalue weighted by Crippen LogP contribution is -2.15. The molecule has 27 heavy (non-hydrogen) atoms. The fraction of sp³-hybridized carbons (Fsp3) is 0.250. The molecular formula is C20H21N3O3S. The lowest BCUT2D eigenvalue weighted by molar-refractivity contribution is -0.113. The number of anilines is 1. The minimum atomic E-state index is -0.118. The van der Waals surface area contributed by atoms with Crippen LogP contribution in [0.2, 0.25) is 0 Å². The van der Waals surface area contributed by atoms with Gasteiger partial charge in [-0.1, -0.05) is 47.7 Å². The average molecular weight is 383 g/mol. The molecule has 3 aromatic rings. The summed E-state index contributed by atoms with van der Waals surface area (Å²) in [6, 6.07) is 13.6. The first-order valence-corrected chi connectivity index (χ1v) is 9.50. The Hall–Kier alpha value is -2.80. The summed E-state index contributed by atoms with van der Waals surface area (Å²) in [5.74, 6) is 1.18. The second kappa shape index (κ2) is 8.73. The van der Waals surface area contributed by atoms with Gasteiger partial charge < -0.3 is 14.5 Å². The molecule has 0 spiro atoms. The van der Waals surface area contributed by atoms with Gasteiger partial charge in [0.25, 0.3) is 11.1 Å². The van der Waals surface area contributed by atoms with Gasteiger partial charge in [-0.2, -0.15) is 0 Å². The number of rotatable bonds is 7. The van der Waals surface area contributed by atoms with Crippen LogP contribution in [-0.2, 0) is 11.4 Å². The van der Waals surface area contributed by atoms with E-state index in [1.54, 1.807) is 0 Å². The van der Waals surface area contributed by atoms with Crippen molar-refractivity contribution in [2.75, 3.05) is 11.1 Å². The summed E-state index contributed by atoms with van der Waals surface area (Å²) >= 11 is 1.20. The number of ether oxygens (including phenoxy) is 1. The van der Waals surface area contributed by atoms with Gasteiger partial charge in [-0.15, -0.1) is 10.2 Å². The van der Waals surface area contributed by atoms with Gasteiger partial charge in [0, 0.05) is 5.69 Å². The second-order valence-electron chi connectivity index (χ2n) is 6.17. The van der Waals surface area contributed by atoms with Gasteiger partial charge in [0.05, 0.1) is 5.75 Å². The number of para-hydroxylation sites is 1. The van der Waals surface area contributed by atoms with E-state index in [-0.39, 0.29) is 18.3 Å². The third-order valence-electron chi connectivity index (χ3n) is 3.90. The molecular weight excluding hydrogens is 362 g/mol. The van der Waals surface area contributed by atoms with Crippen molar-refractivity contribution in [2.24, 2.45) is 0 Å². The first-order valence-electron chi connectivity index (χ1n) is 8.52. The number of aromatic nitrogens is 2. The summed E-state index contributed by atoms with van der Waals surface area (Å²) in [7, 11) is 0. The molecule has 0 radical (unpaired) electrons. The van der Waals surface area contributed by atoms with Crippen molar-refractivity contribution < 1.29 is 13.9 Å². The number of carbonyl (C=O) groups excluding carboxylic acids is 1. The summed E-state index contributed by atoms with van der Waals surface area (Å²) in [5, 5.41) is 11.2. The highest BCUT2D eigenvalue weighted by atomic mass is 32.2. The van der Waals surface area contributed by atoms with Crippen LogP contribution >= 0.6 is 11.8 Å². The zero-order valence-corrected chi connectivity index (χ0v) is 16.3. The molecule has 0 aliphatic heterocycles. The molecule has 0 saturated carbocycles. The molecule has 0 fully saturated rings. The molecule has 0 unspecified atom stereocenters. The lowest BCUT2D eigenvalue weighted by atomic mass is 10.1. The lowest BCUT2D eigenvalue weighted by Gasteiger charge is -2.10. The van der Waals surface area contributed by atoms with Crippen LogP contribution in [0.3, 0.4) is 0 Å². The molecule has 1 aromatic heterocycles. The van der Waals surface area contributed by atoms with E-state index in [2.05, 4.69) is 15.5 Å². The highest BCUT2D eigenvalue weighted by Crippen LogP contribution is 2.21. The van der Waals surface area contributed by atoms with Crippen molar-refractivity contribution >= 4 is 23.4 Å². The standard InChI is InChI=1S/C20H21N3O3S/c1-13-7-9-16(10-8-13)25-11-18-22-23-20(26-18)27-12-17(24)21-19-14(2)5-4-6-15(19)3/h4-10H,11-12H2,1-3H3,(H,21,24). The van der Waals surface area contributed by atoms with Crippen LogP contribution in [0.25, 0.3) is 0 Å². The SMILES string of the molecule is Cc1ccc(OCc2nnc(SCC(=O)Nc3c(C)cccc3C)o2)cc1. The van der Waals surface area contributed by atoms with Gasteiger partial charge in [0.15, 0.2) is 6.61 Å². The minimum absolute atomic E-state index is 0.118. The first-order chi connectivity index (χ1) is 13.0. The average Bonchev–Trinajstić information content (AvgIpc) is 3.11. The number of hydrogen-bond acceptors (Lipinski definition) is 6. The maximum absolute atomic E-state index is 12.2. The molecule has 0 bridgehead atoms. The Morgan fingerprint density at radius 1 is 1.07 bits per heavy atom. The number of aryl methyl sites for hydroxylation is 3. The molecule has 0 aliphatic rings. The molecule has 6 nitrogen and oxygen atoms in total. The summed E-state index contributed by atoms with van der Waals surface area (Å²) < 4.78 is 11.1. The molecule has 2 aromatic carbocycles. The van der Waals surface area contributed by atoms with Crippen molar-refractivity contribution in [2.45, 2.75) is 32.6 Å². The number of carbonyl (C=O) groups is 1. The van der Waals surface area contributed by atoms with Gasteiger partial charge in [0.1, 0.15) is 5.75 Å². The molecule has 3 rings (SSSR count). The fourth-order valence-electron chi connectivity index (χ4n) is 2.45. The molecule has 0 aliphatic carbocycles. The maximum atomic E-state index is 12.2. The van der Waals surface area contributed by atoms with Crippen molar-refractivity contribution in [3.05, 3.63) is 65.0 Å². The van der Waals surface area contributed by atoms with Crippen LogP contribution in [0.4, 0.5) is 5.69 Å². The van der Waals surface area contributed by atoms with E-state index >= 15 is 0 Å². The Labute approximate surface area is 162 Å². The molecule has 1 amide bonds. The van der Waals surface area contributed by atoms with E-state index in [4.69, 9.17) is 9.15 Å². The van der Waals surface area contributed by atoms with Crippen LogP contribution in [-0.4, -0.2) is 21.9 Å². The number of amides is 1. The smallest absolute Gasteiger partial charge is 0.277 e. The van der Waals surface area contributed by atoms with E-state index in [1.807, 2.05) is 63.2 Å². The summed E-state index contributed by atoms with van der Waals surface area (Å²) in [5.41, 5.74) is 4.07. The zero-order valence-electron chi connectivity index (χ0n) is 15.5. The maximum Gasteiger partial charge on any atom is 0.277 e. The predicted molar refractivity (Wildman–Crippen MR) is 105 cm³/mol. The minimum Gasteiger partial charge on any atom is -0.484 e. The van der Waals surface area contributed by atoms with Gasteiger partial charge in [0.2, 0.25) is 5.91 Å². The summed E-state index contributed by atoms with van der Waals surface area (Å²) in [6.07, 6.45) is 0. The van der Waals surface area contributed by atoms with Crippen molar-refractivity contribution in [1.82, 2.24) is 10.2 Å². The predicted octanol–water partition coefficient (Wildman–Crippen LogP) is 4.30. The highest BCUT2D eigenvalue weighted by molar-refractivity contribution is 7.99. The quantitative estimate of drug-likeness (QED) is 0.613. The van der Waals surface area contributed by atoms with E-state index < -0.39 is 0 Å². The Bertz CT molecular complexity index is 902. The number of nitrogens with one attached hydrogen (secondary N) is 1. The first kappa shape index (κ1) is 19.0. The Morgan fingerprint density at radius 2 is 1.78 bits per heavy atom. The molecule has 140 valence electrons. The monoisotopic (exact) mass is 383 g/mol. The van der Waals surface area contributed by atoms with Gasteiger partial charge in [-0.3, -0.25) is 4.79 Å². The van der Waals surface area contributed by atoms with Crippen molar-refractivity contribution in [3.8, 4) is 5.75 Å². The Morgan fingerprint density at radius 3 is 2.48 bits per heavy atom. The van der Waals surface area contributed by atoms with Crippen molar-refractivity contribution in [1.29, 1.82) is 0 Å². The third kappa shape index (κ3) is 5.34. The van der Waals surface area contributed by atoms with E-state index in [0.717, 1.165) is 28.1 Å². The molecule has 0 atom stereocenters. The molecule has 7 heteroatoms.